The summed E-state index contributed by atoms with van der Waals surface area (Å²) >= 11 is 0. The number of aliphatic hydroxyl groups excluding tert-OH is 1. The molecule has 0 spiro atoms. The monoisotopic (exact) mass is 298 g/mol. The van der Waals surface area contributed by atoms with Crippen molar-refractivity contribution < 1.29 is 67.5 Å². The van der Waals surface area contributed by atoms with Gasteiger partial charge in [0.15, 0.2) is 0 Å². The second-order valence-corrected chi connectivity index (χ2v) is 1.47. The van der Waals surface area contributed by atoms with Crippen molar-refractivity contribution in [3.05, 3.63) is 0 Å². The van der Waals surface area contributed by atoms with Gasteiger partial charge in [-0.1, -0.05) is 0 Å². The molecule has 0 fully saturated rings. The van der Waals surface area contributed by atoms with Gasteiger partial charge in [-0.25, -0.2) is 0 Å². The van der Waals surface area contributed by atoms with Crippen LogP contribution in [-0.2, 0) is 47.1 Å². The van der Waals surface area contributed by atoms with E-state index in [2.05, 4.69) is 0 Å². The fourth-order valence-electron chi connectivity index (χ4n) is 0. The number of rotatable bonds is 0. The van der Waals surface area contributed by atoms with Crippen molar-refractivity contribution in [2.24, 2.45) is 0 Å². The summed E-state index contributed by atoms with van der Waals surface area (Å²) in [5.74, 6) is -3.25. The molecule has 0 heterocycles. The van der Waals surface area contributed by atoms with E-state index in [0.717, 1.165) is 27.9 Å². The Bertz CT molecular complexity index is 117. The molecule has 0 aromatic heterocycles. The minimum atomic E-state index is -1.08. The molecule has 0 bridgehead atoms. The second-order valence-electron chi connectivity index (χ2n) is 1.47. The average Bonchev–Trinajstić information content (AvgIpc) is 1.86. The Morgan fingerprint density at radius 3 is 0.733 bits per heavy atom. The molecule has 86 valence electrons. The van der Waals surface area contributed by atoms with Gasteiger partial charge in [-0.3, -0.25) is 0 Å². The number of carbonyl (C=O) groups is 3. The van der Waals surface area contributed by atoms with E-state index >= 15 is 0 Å². The number of aliphatic hydroxyl groups is 1. The zero-order valence-electron chi connectivity index (χ0n) is 8.97. The van der Waals surface area contributed by atoms with Crippen molar-refractivity contribution in [3.63, 3.8) is 0 Å². The molecule has 0 rings (SSSR count). The molecule has 0 aromatic carbocycles. The number of carboxylic acid groups (broad SMARTS) is 3. The van der Waals surface area contributed by atoms with Crippen molar-refractivity contribution >= 4 is 17.9 Å². The van der Waals surface area contributed by atoms with Crippen LogP contribution in [0.3, 0.4) is 0 Å². The van der Waals surface area contributed by atoms with E-state index in [-0.39, 0.29) is 32.7 Å². The minimum Gasteiger partial charge on any atom is -0.550 e. The molecule has 1 N–H and O–H groups in total. The van der Waals surface area contributed by atoms with E-state index in [9.17, 15) is 0 Å². The van der Waals surface area contributed by atoms with Gasteiger partial charge in [-0.15, -0.1) is 0 Å². The van der Waals surface area contributed by atoms with Gasteiger partial charge in [0, 0.05) is 25.0 Å². The number of hydrogen-bond donors (Lipinski definition) is 1. The summed E-state index contributed by atoms with van der Waals surface area (Å²) in [5, 5.41) is 33.7. The molecular weight excluding hydrogens is 285 g/mol. The maximum atomic E-state index is 8.89. The summed E-state index contributed by atoms with van der Waals surface area (Å²) in [6.07, 6.45) is 0. The predicted molar refractivity (Wildman–Crippen MR) is 40.2 cm³/mol. The van der Waals surface area contributed by atoms with E-state index < -0.39 is 17.9 Å². The summed E-state index contributed by atoms with van der Waals surface area (Å²) in [5.41, 5.74) is 0. The number of carboxylic acids is 3. The van der Waals surface area contributed by atoms with E-state index in [1.807, 2.05) is 0 Å². The molecule has 7 nitrogen and oxygen atoms in total. The molecule has 0 amide bonds. The zero-order chi connectivity index (χ0) is 12.7. The van der Waals surface area contributed by atoms with Gasteiger partial charge in [-0.2, -0.15) is 0 Å². The molecule has 0 unspecified atom stereocenters. The number of hydrogen-bond acceptors (Lipinski definition) is 7. The van der Waals surface area contributed by atoms with Gasteiger partial charge in [0.1, 0.15) is 0 Å². The van der Waals surface area contributed by atoms with Gasteiger partial charge < -0.3 is 34.8 Å². The van der Waals surface area contributed by atoms with Crippen molar-refractivity contribution in [2.45, 2.75) is 20.8 Å². The molecule has 0 aliphatic heterocycles. The quantitative estimate of drug-likeness (QED) is 0.479. The Morgan fingerprint density at radius 2 is 0.733 bits per heavy atom. The minimum absolute atomic E-state index is 0. The Labute approximate surface area is 113 Å². The fraction of sp³-hybridized carbons (Fsp3) is 0.571. The molecule has 0 aliphatic carbocycles. The SMILES string of the molecule is CC(=O)[O-].CC(=O)[O-].CC(=O)[O-].CO.[Y+3]. The van der Waals surface area contributed by atoms with E-state index in [0.29, 0.717) is 0 Å². The van der Waals surface area contributed by atoms with Gasteiger partial charge >= 0.3 is 32.7 Å². The first-order chi connectivity index (χ1) is 6.20. The molecule has 0 radical (unpaired) electrons. The summed E-state index contributed by atoms with van der Waals surface area (Å²) in [6, 6.07) is 0. The van der Waals surface area contributed by atoms with Crippen LogP contribution in [0.15, 0.2) is 0 Å². The van der Waals surface area contributed by atoms with E-state index in [1.54, 1.807) is 0 Å². The normalized spacial score (nSPS) is 5.40. The van der Waals surface area contributed by atoms with Crippen LogP contribution < -0.4 is 15.3 Å². The number of carbonyl (C=O) groups excluding carboxylic acids is 3. The second kappa shape index (κ2) is 29.2. The third-order valence-corrected chi connectivity index (χ3v) is 0. The smallest absolute Gasteiger partial charge is 0.550 e. The predicted octanol–water partition coefficient (Wildman–Crippen LogP) is -4.13. The molecule has 8 heteroatoms. The van der Waals surface area contributed by atoms with Gasteiger partial charge in [0.25, 0.3) is 0 Å². The van der Waals surface area contributed by atoms with Crippen molar-refractivity contribution in [1.29, 1.82) is 0 Å². The maximum Gasteiger partial charge on any atom is 3.00 e. The van der Waals surface area contributed by atoms with Gasteiger partial charge in [-0.05, 0) is 20.8 Å². The standard InChI is InChI=1S/3C2H4O2.CH4O.Y/c3*1-2(3)4;1-2;/h3*1H3,(H,3,4);2H,1H3;/q;;;;+3/p-3. The first kappa shape index (κ1) is 29.3. The summed E-state index contributed by atoms with van der Waals surface area (Å²) in [4.78, 5) is 26.7. The first-order valence-corrected chi connectivity index (χ1v) is 3.17. The molecule has 0 aliphatic rings. The Balaban J connectivity index is -0.0000000298. The van der Waals surface area contributed by atoms with Crippen LogP contribution in [0.1, 0.15) is 20.8 Å². The van der Waals surface area contributed by atoms with Crippen LogP contribution in [0, 0.1) is 0 Å². The Morgan fingerprint density at radius 1 is 0.733 bits per heavy atom. The van der Waals surface area contributed by atoms with E-state index in [4.69, 9.17) is 34.8 Å². The maximum absolute atomic E-state index is 8.89. The van der Waals surface area contributed by atoms with Gasteiger partial charge in [0.2, 0.25) is 0 Å². The Kier molecular flexibility index (Phi) is 57.0. The van der Waals surface area contributed by atoms with Crippen LogP contribution in [0.5, 0.6) is 0 Å². The van der Waals surface area contributed by atoms with Crippen molar-refractivity contribution in [3.8, 4) is 0 Å². The molecule has 0 atom stereocenters. The zero-order valence-corrected chi connectivity index (χ0v) is 11.8. The molecule has 0 aromatic rings. The molecule has 0 saturated carbocycles. The summed E-state index contributed by atoms with van der Waals surface area (Å²) < 4.78 is 0. The van der Waals surface area contributed by atoms with Crippen molar-refractivity contribution in [2.75, 3.05) is 7.11 Å². The topological polar surface area (TPSA) is 141 Å². The van der Waals surface area contributed by atoms with E-state index in [1.165, 1.54) is 0 Å². The summed E-state index contributed by atoms with van der Waals surface area (Å²) in [7, 11) is 1.00. The first-order valence-electron chi connectivity index (χ1n) is 3.17. The van der Waals surface area contributed by atoms with Crippen LogP contribution in [0.2, 0.25) is 0 Å². The summed E-state index contributed by atoms with van der Waals surface area (Å²) in [6.45, 7) is 2.92. The number of aliphatic carboxylic acids is 3. The van der Waals surface area contributed by atoms with Crippen LogP contribution in [0.25, 0.3) is 0 Å². The van der Waals surface area contributed by atoms with Crippen molar-refractivity contribution in [1.82, 2.24) is 0 Å². The van der Waals surface area contributed by atoms with Crippen LogP contribution in [0.4, 0.5) is 0 Å². The molecule has 15 heavy (non-hydrogen) atoms. The third kappa shape index (κ3) is 6410. The van der Waals surface area contributed by atoms with Crippen LogP contribution >= 0.6 is 0 Å². The van der Waals surface area contributed by atoms with Crippen LogP contribution in [-0.4, -0.2) is 30.1 Å². The third-order valence-electron chi connectivity index (χ3n) is 0. The molecular formula is C7H13O7Y. The Hall–Kier alpha value is -0.526. The van der Waals surface area contributed by atoms with Gasteiger partial charge in [0.05, 0.1) is 0 Å². The largest absolute Gasteiger partial charge is 3.00 e. The molecule has 0 saturated heterocycles. The average molecular weight is 298 g/mol. The fourth-order valence-corrected chi connectivity index (χ4v) is 0.